The molecule has 1 heterocycles. The molecule has 4 rings (SSSR count). The Morgan fingerprint density at radius 2 is 1.08 bits per heavy atom. The average molecular weight is 370 g/mol. The van der Waals surface area contributed by atoms with Crippen LogP contribution in [0.2, 0.25) is 0 Å². The summed E-state index contributed by atoms with van der Waals surface area (Å²) in [6.45, 7) is 0. The Kier molecular flexibility index (Phi) is 6.76. The maximum Gasteiger partial charge on any atom is 0.314 e. The fourth-order valence-corrected chi connectivity index (χ4v) is 2.23. The number of rotatable bonds is 0. The van der Waals surface area contributed by atoms with Gasteiger partial charge in [0.05, 0.1) is 11.3 Å². The third kappa shape index (κ3) is 5.09. The van der Waals surface area contributed by atoms with Gasteiger partial charge in [0.1, 0.15) is 11.5 Å². The lowest BCUT2D eigenvalue weighted by Crippen LogP contribution is -2.19. The number of anilines is 1. The molecular formula is C20H16ClNO4. The quantitative estimate of drug-likeness (QED) is 0.461. The van der Waals surface area contributed by atoms with Gasteiger partial charge in [0.2, 0.25) is 0 Å². The lowest BCUT2D eigenvalue weighted by atomic mass is 10.1. The number of phenols is 2. The summed E-state index contributed by atoms with van der Waals surface area (Å²) in [7, 11) is 0. The van der Waals surface area contributed by atoms with E-state index in [1.54, 1.807) is 72.8 Å². The van der Waals surface area contributed by atoms with Gasteiger partial charge < -0.3 is 10.2 Å². The van der Waals surface area contributed by atoms with Gasteiger partial charge in [0.25, 0.3) is 5.78 Å². The van der Waals surface area contributed by atoms with E-state index in [4.69, 9.17) is 22.0 Å². The average Bonchev–Trinajstić information content (AvgIpc) is 2.89. The fraction of sp³-hybridized carbons (Fsp3) is 0. The number of halogens is 1. The normalized spacial score (nSPS) is 11.7. The molecule has 0 saturated heterocycles. The van der Waals surface area contributed by atoms with Gasteiger partial charge >= 0.3 is 5.91 Å². The molecule has 0 aromatic heterocycles. The van der Waals surface area contributed by atoms with Crippen molar-refractivity contribution in [3.63, 3.8) is 0 Å². The van der Waals surface area contributed by atoms with Crippen LogP contribution in [-0.4, -0.2) is 21.9 Å². The van der Waals surface area contributed by atoms with Crippen molar-refractivity contribution in [3.05, 3.63) is 90.5 Å². The molecule has 1 aliphatic heterocycles. The summed E-state index contributed by atoms with van der Waals surface area (Å²) in [6.07, 6.45) is 0. The highest BCUT2D eigenvalue weighted by atomic mass is 35.5. The molecule has 3 aromatic carbocycles. The highest BCUT2D eigenvalue weighted by molar-refractivity contribution is 6.61. The highest BCUT2D eigenvalue weighted by Crippen LogP contribution is 2.29. The Balaban J connectivity index is 0.000000150. The zero-order valence-corrected chi connectivity index (χ0v) is 14.4. The van der Waals surface area contributed by atoms with Crippen molar-refractivity contribution in [1.82, 2.24) is 0 Å². The molecule has 3 aromatic rings. The largest absolute Gasteiger partial charge is 0.508 e. The second-order valence-corrected chi connectivity index (χ2v) is 5.44. The number of phenolic OH excluding ortho intramolecular Hbond substituents is 2. The van der Waals surface area contributed by atoms with Gasteiger partial charge in [-0.1, -0.05) is 48.5 Å². The minimum Gasteiger partial charge on any atom is -0.508 e. The van der Waals surface area contributed by atoms with Crippen LogP contribution in [0.1, 0.15) is 10.4 Å². The Morgan fingerprint density at radius 3 is 1.46 bits per heavy atom. The van der Waals surface area contributed by atoms with Gasteiger partial charge in [-0.15, -0.1) is 0 Å². The van der Waals surface area contributed by atoms with Crippen LogP contribution < -0.4 is 4.42 Å². The second-order valence-electron chi connectivity index (χ2n) is 5.10. The number of benzene rings is 3. The number of ketones is 1. The smallest absolute Gasteiger partial charge is 0.314 e. The topological polar surface area (TPSA) is 77.8 Å². The minimum absolute atomic E-state index is 0.322. The number of fused-ring (bicyclic) bond motifs is 1. The maximum atomic E-state index is 11.1. The molecule has 0 spiro atoms. The number of carbonyl (C=O) groups excluding carboxylic acids is 2. The van der Waals surface area contributed by atoms with Crippen molar-refractivity contribution < 1.29 is 19.8 Å². The Morgan fingerprint density at radius 1 is 0.654 bits per heavy atom. The van der Waals surface area contributed by atoms with Crippen molar-refractivity contribution >= 4 is 29.2 Å². The third-order valence-electron chi connectivity index (χ3n) is 3.25. The van der Waals surface area contributed by atoms with Crippen LogP contribution >= 0.6 is 11.8 Å². The van der Waals surface area contributed by atoms with Crippen LogP contribution in [0.25, 0.3) is 0 Å². The molecular weight excluding hydrogens is 354 g/mol. The van der Waals surface area contributed by atoms with Crippen LogP contribution in [0.3, 0.4) is 0 Å². The fourth-order valence-electron chi connectivity index (χ4n) is 2.01. The zero-order chi connectivity index (χ0) is 18.9. The molecule has 1 aliphatic rings. The van der Waals surface area contributed by atoms with Crippen molar-refractivity contribution in [2.75, 3.05) is 4.42 Å². The van der Waals surface area contributed by atoms with Gasteiger partial charge in [-0.05, 0) is 36.4 Å². The van der Waals surface area contributed by atoms with E-state index < -0.39 is 11.7 Å². The molecule has 0 bridgehead atoms. The van der Waals surface area contributed by atoms with Crippen molar-refractivity contribution in [2.24, 2.45) is 0 Å². The summed E-state index contributed by atoms with van der Waals surface area (Å²) in [5.74, 6) is -0.580. The Labute approximate surface area is 155 Å². The summed E-state index contributed by atoms with van der Waals surface area (Å²) in [5, 5.41) is 17.3. The molecule has 0 saturated carbocycles. The predicted octanol–water partition coefficient (Wildman–Crippen LogP) is 4.15. The minimum atomic E-state index is -0.683. The summed E-state index contributed by atoms with van der Waals surface area (Å²) < 4.78 is 0.845. The van der Waals surface area contributed by atoms with Gasteiger partial charge in [0, 0.05) is 11.8 Å². The van der Waals surface area contributed by atoms with E-state index in [1.807, 2.05) is 12.1 Å². The number of aromatic hydroxyl groups is 2. The summed E-state index contributed by atoms with van der Waals surface area (Å²) >= 11 is 5.55. The molecule has 0 radical (unpaired) electrons. The second kappa shape index (κ2) is 9.25. The van der Waals surface area contributed by atoms with Crippen molar-refractivity contribution in [3.8, 4) is 11.5 Å². The van der Waals surface area contributed by atoms with Gasteiger partial charge in [-0.2, -0.15) is 0 Å². The van der Waals surface area contributed by atoms with Gasteiger partial charge in [0.15, 0.2) is 0 Å². The maximum absolute atomic E-state index is 11.1. The lowest BCUT2D eigenvalue weighted by molar-refractivity contribution is -0.113. The van der Waals surface area contributed by atoms with E-state index in [0.29, 0.717) is 22.7 Å². The highest BCUT2D eigenvalue weighted by Gasteiger charge is 2.34. The number of Topliss-reactive ketones (excluding diaryl/α,β-unsaturated/α-hetero) is 1. The molecule has 0 aliphatic carbocycles. The molecule has 1 amide bonds. The molecule has 132 valence electrons. The van der Waals surface area contributed by atoms with Crippen molar-refractivity contribution in [2.45, 2.75) is 0 Å². The third-order valence-corrected chi connectivity index (χ3v) is 3.58. The molecule has 0 fully saturated rings. The van der Waals surface area contributed by atoms with Crippen LogP contribution in [0.4, 0.5) is 5.69 Å². The standard InChI is InChI=1S/C8H4ClNO2.2C6H6O/c9-10-6-4-2-1-3-5(6)7(11)8(10)12;2*7-6-4-2-1-3-5-6/h1-4H;2*1-5,7H. The molecule has 6 heteroatoms. The summed E-state index contributed by atoms with van der Waals surface area (Å²) in [6, 6.07) is 24.1. The van der Waals surface area contributed by atoms with E-state index in [0.717, 1.165) is 4.42 Å². The first-order valence-electron chi connectivity index (χ1n) is 7.62. The molecule has 2 N–H and O–H groups in total. The van der Waals surface area contributed by atoms with E-state index in [-0.39, 0.29) is 0 Å². The number of carbonyl (C=O) groups is 2. The summed E-state index contributed by atoms with van der Waals surface area (Å²) in [4.78, 5) is 22.1. The number of hydrogen-bond acceptors (Lipinski definition) is 4. The SMILES string of the molecule is O=C1C(=O)N(Cl)c2ccccc21.Oc1ccccc1.Oc1ccccc1. The first-order valence-corrected chi connectivity index (χ1v) is 7.96. The first kappa shape index (κ1) is 19.0. The monoisotopic (exact) mass is 369 g/mol. The number of nitrogens with zero attached hydrogens (tertiary/aromatic N) is 1. The molecule has 0 atom stereocenters. The molecule has 5 nitrogen and oxygen atoms in total. The molecule has 0 unspecified atom stereocenters. The number of para-hydroxylation sites is 3. The zero-order valence-electron chi connectivity index (χ0n) is 13.6. The van der Waals surface area contributed by atoms with Crippen LogP contribution in [0.5, 0.6) is 11.5 Å². The van der Waals surface area contributed by atoms with E-state index in [1.165, 1.54) is 0 Å². The summed E-state index contributed by atoms with van der Waals surface area (Å²) in [5.41, 5.74) is 0.840. The molecule has 26 heavy (non-hydrogen) atoms. The first-order chi connectivity index (χ1) is 12.5. The van der Waals surface area contributed by atoms with Crippen LogP contribution in [-0.2, 0) is 4.79 Å². The van der Waals surface area contributed by atoms with E-state index >= 15 is 0 Å². The van der Waals surface area contributed by atoms with E-state index in [9.17, 15) is 9.59 Å². The van der Waals surface area contributed by atoms with Crippen molar-refractivity contribution in [1.29, 1.82) is 0 Å². The number of hydrogen-bond donors (Lipinski definition) is 2. The predicted molar refractivity (Wildman–Crippen MR) is 100 cm³/mol. The lowest BCUT2D eigenvalue weighted by Gasteiger charge is -2.02. The van der Waals surface area contributed by atoms with Crippen LogP contribution in [0.15, 0.2) is 84.9 Å². The Hall–Kier alpha value is -3.31. The van der Waals surface area contributed by atoms with E-state index in [2.05, 4.69) is 0 Å². The van der Waals surface area contributed by atoms with Gasteiger partial charge in [-0.25, -0.2) is 4.42 Å². The Bertz CT molecular complexity index is 832. The number of amides is 1. The van der Waals surface area contributed by atoms with Gasteiger partial charge in [-0.3, -0.25) is 9.59 Å². The van der Waals surface area contributed by atoms with Crippen LogP contribution in [0, 0.1) is 0 Å².